The summed E-state index contributed by atoms with van der Waals surface area (Å²) < 4.78 is 10.6. The first-order valence-electron chi connectivity index (χ1n) is 10.2. The quantitative estimate of drug-likeness (QED) is 0.316. The summed E-state index contributed by atoms with van der Waals surface area (Å²) in [4.78, 5) is 27.9. The molecule has 4 rings (SSSR count). The second kappa shape index (κ2) is 9.00. The topological polar surface area (TPSA) is 76.1 Å². The minimum Gasteiger partial charge on any atom is -0.507 e. The van der Waals surface area contributed by atoms with Crippen LogP contribution in [0.3, 0.4) is 0 Å². The third-order valence-corrected chi connectivity index (χ3v) is 5.88. The lowest BCUT2D eigenvalue weighted by molar-refractivity contribution is -0.132. The molecule has 33 heavy (non-hydrogen) atoms. The number of amides is 1. The number of carbonyl (C=O) groups is 2. The third-order valence-electron chi connectivity index (χ3n) is 5.65. The van der Waals surface area contributed by atoms with Gasteiger partial charge in [-0.25, -0.2) is 0 Å². The van der Waals surface area contributed by atoms with Gasteiger partial charge < -0.3 is 14.6 Å². The van der Waals surface area contributed by atoms with Crippen LogP contribution < -0.4 is 14.4 Å². The molecule has 6 nitrogen and oxygen atoms in total. The molecule has 0 saturated carbocycles. The van der Waals surface area contributed by atoms with Gasteiger partial charge in [0.1, 0.15) is 5.76 Å². The van der Waals surface area contributed by atoms with Gasteiger partial charge in [0.05, 0.1) is 25.8 Å². The van der Waals surface area contributed by atoms with E-state index in [0.717, 1.165) is 5.56 Å². The first-order chi connectivity index (χ1) is 15.9. The van der Waals surface area contributed by atoms with Crippen molar-refractivity contribution in [2.75, 3.05) is 19.1 Å². The van der Waals surface area contributed by atoms with Crippen LogP contribution in [-0.2, 0) is 9.59 Å². The molecule has 3 aromatic carbocycles. The Bertz CT molecular complexity index is 1270. The monoisotopic (exact) mass is 463 g/mol. The summed E-state index contributed by atoms with van der Waals surface area (Å²) in [6.45, 7) is 1.83. The van der Waals surface area contributed by atoms with E-state index in [9.17, 15) is 14.7 Å². The molecule has 3 aromatic rings. The van der Waals surface area contributed by atoms with Crippen molar-refractivity contribution in [3.05, 3.63) is 94.0 Å². The van der Waals surface area contributed by atoms with Gasteiger partial charge >= 0.3 is 0 Å². The summed E-state index contributed by atoms with van der Waals surface area (Å²) in [5.74, 6) is -0.960. The van der Waals surface area contributed by atoms with Gasteiger partial charge in [-0.15, -0.1) is 0 Å². The normalized spacial score (nSPS) is 17.3. The van der Waals surface area contributed by atoms with Crippen LogP contribution in [-0.4, -0.2) is 31.0 Å². The zero-order chi connectivity index (χ0) is 23.7. The number of rotatable bonds is 5. The maximum atomic E-state index is 13.3. The van der Waals surface area contributed by atoms with Crippen molar-refractivity contribution in [2.24, 2.45) is 0 Å². The van der Waals surface area contributed by atoms with E-state index in [1.54, 1.807) is 36.4 Å². The number of hydrogen-bond acceptors (Lipinski definition) is 5. The molecule has 0 bridgehead atoms. The lowest BCUT2D eigenvalue weighted by Crippen LogP contribution is -2.30. The van der Waals surface area contributed by atoms with E-state index in [1.807, 2.05) is 37.3 Å². The van der Waals surface area contributed by atoms with E-state index in [1.165, 1.54) is 19.1 Å². The van der Waals surface area contributed by atoms with E-state index in [0.29, 0.717) is 33.3 Å². The summed E-state index contributed by atoms with van der Waals surface area (Å²) >= 11 is 6.22. The fourth-order valence-corrected chi connectivity index (χ4v) is 4.18. The number of anilines is 1. The summed E-state index contributed by atoms with van der Waals surface area (Å²) in [6.07, 6.45) is 0. The van der Waals surface area contributed by atoms with E-state index in [4.69, 9.17) is 21.1 Å². The minimum absolute atomic E-state index is 0.0159. The number of halogens is 1. The fraction of sp³-hybridized carbons (Fsp3) is 0.154. The predicted octanol–water partition coefficient (Wildman–Crippen LogP) is 5.29. The Balaban J connectivity index is 1.96. The molecule has 1 fully saturated rings. The summed E-state index contributed by atoms with van der Waals surface area (Å²) in [5.41, 5.74) is 2.27. The average molecular weight is 464 g/mol. The summed E-state index contributed by atoms with van der Waals surface area (Å²) in [6, 6.07) is 18.2. The van der Waals surface area contributed by atoms with Crippen LogP contribution in [0.2, 0.25) is 5.02 Å². The van der Waals surface area contributed by atoms with E-state index < -0.39 is 17.7 Å². The van der Waals surface area contributed by atoms with Crippen molar-refractivity contribution < 1.29 is 24.2 Å². The second-order valence-corrected chi connectivity index (χ2v) is 8.02. The Hall–Kier alpha value is -3.77. The van der Waals surface area contributed by atoms with Crippen LogP contribution >= 0.6 is 11.6 Å². The number of ketones is 1. The molecule has 0 aliphatic carbocycles. The van der Waals surface area contributed by atoms with Gasteiger partial charge in [0.25, 0.3) is 11.7 Å². The van der Waals surface area contributed by atoms with Gasteiger partial charge in [-0.05, 0) is 48.4 Å². The predicted molar refractivity (Wildman–Crippen MR) is 127 cm³/mol. The summed E-state index contributed by atoms with van der Waals surface area (Å²) in [7, 11) is 2.98. The molecule has 1 aliphatic rings. The SMILES string of the molecule is COc1ccc(/C(O)=C2\C(=O)C(=O)N(c3cc(Cl)ccc3C)C2c2ccccc2)cc1OC. The van der Waals surface area contributed by atoms with Crippen molar-refractivity contribution in [1.29, 1.82) is 0 Å². The molecular formula is C26H22ClNO5. The third kappa shape index (κ3) is 3.94. The molecule has 1 atom stereocenters. The Kier molecular flexibility index (Phi) is 6.11. The van der Waals surface area contributed by atoms with E-state index >= 15 is 0 Å². The van der Waals surface area contributed by atoms with Gasteiger partial charge in [-0.1, -0.05) is 48.0 Å². The number of aliphatic hydroxyl groups excluding tert-OH is 1. The zero-order valence-corrected chi connectivity index (χ0v) is 19.1. The molecule has 1 saturated heterocycles. The van der Waals surface area contributed by atoms with Gasteiger partial charge in [-0.3, -0.25) is 14.5 Å². The lowest BCUT2D eigenvalue weighted by atomic mass is 9.95. The summed E-state index contributed by atoms with van der Waals surface area (Å²) in [5, 5.41) is 11.7. The number of methoxy groups -OCH3 is 2. The number of nitrogens with zero attached hydrogens (tertiary/aromatic N) is 1. The largest absolute Gasteiger partial charge is 0.507 e. The molecule has 1 aliphatic heterocycles. The number of benzene rings is 3. The first kappa shape index (κ1) is 22.4. The highest BCUT2D eigenvalue weighted by molar-refractivity contribution is 6.52. The molecule has 1 amide bonds. The molecule has 168 valence electrons. The van der Waals surface area contributed by atoms with Crippen LogP contribution in [0.5, 0.6) is 11.5 Å². The first-order valence-corrected chi connectivity index (χ1v) is 10.6. The average Bonchev–Trinajstić information content (AvgIpc) is 3.10. The van der Waals surface area contributed by atoms with Crippen molar-refractivity contribution in [3.8, 4) is 11.5 Å². The van der Waals surface area contributed by atoms with Gasteiger partial charge in [0.15, 0.2) is 11.5 Å². The highest BCUT2D eigenvalue weighted by Gasteiger charge is 2.47. The minimum atomic E-state index is -0.837. The van der Waals surface area contributed by atoms with Crippen molar-refractivity contribution in [2.45, 2.75) is 13.0 Å². The number of aryl methyl sites for hydroxylation is 1. The smallest absolute Gasteiger partial charge is 0.300 e. The Morgan fingerprint density at radius 1 is 0.939 bits per heavy atom. The van der Waals surface area contributed by atoms with Crippen molar-refractivity contribution >= 4 is 34.7 Å². The number of Topliss-reactive ketones (excluding diaryl/α,β-unsaturated/α-hetero) is 1. The Morgan fingerprint density at radius 2 is 1.64 bits per heavy atom. The van der Waals surface area contributed by atoms with Gasteiger partial charge in [0, 0.05) is 16.3 Å². The Morgan fingerprint density at radius 3 is 2.30 bits per heavy atom. The highest BCUT2D eigenvalue weighted by atomic mass is 35.5. The zero-order valence-electron chi connectivity index (χ0n) is 18.3. The van der Waals surface area contributed by atoms with Crippen molar-refractivity contribution in [3.63, 3.8) is 0 Å². The van der Waals surface area contributed by atoms with Crippen LogP contribution in [0.25, 0.3) is 5.76 Å². The van der Waals surface area contributed by atoms with Gasteiger partial charge in [-0.2, -0.15) is 0 Å². The molecule has 1 heterocycles. The fourth-order valence-electron chi connectivity index (χ4n) is 4.01. The lowest BCUT2D eigenvalue weighted by Gasteiger charge is -2.27. The molecule has 0 aromatic heterocycles. The molecule has 0 spiro atoms. The standard InChI is InChI=1S/C26H22ClNO5/c1-15-9-11-18(27)14-19(15)28-23(16-7-5-4-6-8-16)22(25(30)26(28)31)24(29)17-10-12-20(32-2)21(13-17)33-3/h4-14,23,29H,1-3H3/b24-22+. The molecule has 1 N–H and O–H groups in total. The number of hydrogen-bond donors (Lipinski definition) is 1. The number of aliphatic hydroxyl groups is 1. The van der Waals surface area contributed by atoms with Crippen molar-refractivity contribution in [1.82, 2.24) is 0 Å². The van der Waals surface area contributed by atoms with Crippen LogP contribution in [0.4, 0.5) is 5.69 Å². The maximum Gasteiger partial charge on any atom is 0.300 e. The molecule has 1 unspecified atom stereocenters. The highest BCUT2D eigenvalue weighted by Crippen LogP contribution is 2.44. The Labute approximate surface area is 196 Å². The van der Waals surface area contributed by atoms with Crippen LogP contribution in [0.1, 0.15) is 22.7 Å². The van der Waals surface area contributed by atoms with Crippen LogP contribution in [0, 0.1) is 6.92 Å². The molecule has 0 radical (unpaired) electrons. The van der Waals surface area contributed by atoms with Crippen LogP contribution in [0.15, 0.2) is 72.3 Å². The number of carbonyl (C=O) groups excluding carboxylic acids is 2. The second-order valence-electron chi connectivity index (χ2n) is 7.58. The molecular weight excluding hydrogens is 442 g/mol. The number of ether oxygens (including phenoxy) is 2. The van der Waals surface area contributed by atoms with Gasteiger partial charge in [0.2, 0.25) is 0 Å². The van der Waals surface area contributed by atoms with E-state index in [2.05, 4.69) is 0 Å². The molecule has 7 heteroatoms. The maximum absolute atomic E-state index is 13.3. The van der Waals surface area contributed by atoms with E-state index in [-0.39, 0.29) is 11.3 Å².